The van der Waals surface area contributed by atoms with Crippen LogP contribution in [0.25, 0.3) is 0 Å². The van der Waals surface area contributed by atoms with Gasteiger partial charge < -0.3 is 4.90 Å². The van der Waals surface area contributed by atoms with Gasteiger partial charge in [-0.05, 0) is 24.6 Å². The number of rotatable bonds is 2. The Morgan fingerprint density at radius 2 is 1.83 bits per heavy atom. The van der Waals surface area contributed by atoms with E-state index < -0.39 is 10.0 Å². The van der Waals surface area contributed by atoms with Gasteiger partial charge in [0.1, 0.15) is 5.69 Å². The fourth-order valence-electron chi connectivity index (χ4n) is 2.79. The molecule has 3 rings (SSSR count). The lowest BCUT2D eigenvalue weighted by molar-refractivity contribution is 0.0978. The van der Waals surface area contributed by atoms with Gasteiger partial charge in [0.05, 0.1) is 17.6 Å². The Balaban J connectivity index is 2.09. The summed E-state index contributed by atoms with van der Waals surface area (Å²) in [4.78, 5) is 14.5. The van der Waals surface area contributed by atoms with Crippen LogP contribution in [0.1, 0.15) is 16.9 Å². The van der Waals surface area contributed by atoms with Gasteiger partial charge >= 0.3 is 0 Å². The van der Waals surface area contributed by atoms with Crippen molar-refractivity contribution in [2.75, 3.05) is 28.6 Å². The number of hydrogen-bond donors (Lipinski definition) is 0. The smallest absolute Gasteiger partial charge is 0.276 e. The van der Waals surface area contributed by atoms with E-state index in [1.54, 1.807) is 48.5 Å². The molecule has 1 aromatic heterocycles. The average Bonchev–Trinajstić information content (AvgIpc) is 2.82. The van der Waals surface area contributed by atoms with E-state index in [2.05, 4.69) is 5.10 Å². The van der Waals surface area contributed by atoms with Crippen molar-refractivity contribution in [1.82, 2.24) is 9.78 Å². The standard InChI is InChI=1S/C15H18N4O3S/c1-17-14(8-9-16-17)15(20)18-10-5-11-19(23(2,21)22)13-7-4-3-6-12(13)18/h3-4,6-9H,5,10-11H2,1-2H3. The summed E-state index contributed by atoms with van der Waals surface area (Å²) in [5, 5.41) is 4.03. The molecule has 0 fully saturated rings. The lowest BCUT2D eigenvalue weighted by atomic mass is 10.2. The van der Waals surface area contributed by atoms with Crippen LogP contribution in [0.15, 0.2) is 36.5 Å². The third kappa shape index (κ3) is 2.81. The molecule has 23 heavy (non-hydrogen) atoms. The Kier molecular flexibility index (Phi) is 3.85. The summed E-state index contributed by atoms with van der Waals surface area (Å²) in [5.41, 5.74) is 1.59. The maximum atomic E-state index is 12.9. The zero-order chi connectivity index (χ0) is 16.6. The van der Waals surface area contributed by atoms with Gasteiger partial charge in [0.15, 0.2) is 0 Å². The van der Waals surface area contributed by atoms with Crippen LogP contribution in [0, 0.1) is 0 Å². The SMILES string of the molecule is Cn1nccc1C(=O)N1CCCN(S(C)(=O)=O)c2ccccc21. The van der Waals surface area contributed by atoms with Gasteiger partial charge in [-0.15, -0.1) is 0 Å². The molecule has 0 atom stereocenters. The lowest BCUT2D eigenvalue weighted by Gasteiger charge is -2.25. The van der Waals surface area contributed by atoms with Gasteiger partial charge in [-0.1, -0.05) is 12.1 Å². The molecule has 0 saturated carbocycles. The Morgan fingerprint density at radius 1 is 1.13 bits per heavy atom. The van der Waals surface area contributed by atoms with E-state index in [0.29, 0.717) is 36.6 Å². The number of carbonyl (C=O) groups excluding carboxylic acids is 1. The molecule has 0 radical (unpaired) electrons. The molecule has 0 bridgehead atoms. The first-order chi connectivity index (χ1) is 10.9. The summed E-state index contributed by atoms with van der Waals surface area (Å²) in [6.45, 7) is 0.804. The summed E-state index contributed by atoms with van der Waals surface area (Å²) in [6.07, 6.45) is 3.31. The van der Waals surface area contributed by atoms with E-state index in [0.717, 1.165) is 0 Å². The van der Waals surface area contributed by atoms with Crippen LogP contribution in [0.2, 0.25) is 0 Å². The second-order valence-electron chi connectivity index (χ2n) is 5.47. The Labute approximate surface area is 135 Å². The first kappa shape index (κ1) is 15.5. The van der Waals surface area contributed by atoms with E-state index in [1.807, 2.05) is 0 Å². The number of aromatic nitrogens is 2. The number of sulfonamides is 1. The van der Waals surface area contributed by atoms with Crippen molar-refractivity contribution in [3.63, 3.8) is 0 Å². The van der Waals surface area contributed by atoms with Crippen molar-refractivity contribution in [2.45, 2.75) is 6.42 Å². The molecule has 0 N–H and O–H groups in total. The van der Waals surface area contributed by atoms with Crippen molar-refractivity contribution in [3.05, 3.63) is 42.2 Å². The molecule has 7 nitrogen and oxygen atoms in total. The van der Waals surface area contributed by atoms with E-state index in [1.165, 1.54) is 15.2 Å². The number of fused-ring (bicyclic) bond motifs is 1. The van der Waals surface area contributed by atoms with Crippen molar-refractivity contribution in [1.29, 1.82) is 0 Å². The normalized spacial score (nSPS) is 15.2. The summed E-state index contributed by atoms with van der Waals surface area (Å²) in [7, 11) is -1.69. The van der Waals surface area contributed by atoms with Gasteiger partial charge in [0, 0.05) is 26.3 Å². The number of carbonyl (C=O) groups is 1. The molecular weight excluding hydrogens is 316 g/mol. The number of para-hydroxylation sites is 2. The van der Waals surface area contributed by atoms with Crippen molar-refractivity contribution in [3.8, 4) is 0 Å². The van der Waals surface area contributed by atoms with Crippen molar-refractivity contribution >= 4 is 27.3 Å². The zero-order valence-electron chi connectivity index (χ0n) is 13.0. The molecule has 2 aromatic rings. The predicted molar refractivity (Wildman–Crippen MR) is 88.1 cm³/mol. The summed E-state index contributed by atoms with van der Waals surface area (Å²) in [6, 6.07) is 8.73. The van der Waals surface area contributed by atoms with Gasteiger partial charge in [0.2, 0.25) is 10.0 Å². The second kappa shape index (κ2) is 5.69. The van der Waals surface area contributed by atoms with Crippen LogP contribution in [-0.4, -0.2) is 43.5 Å². The Morgan fingerprint density at radius 3 is 2.43 bits per heavy atom. The third-order valence-electron chi connectivity index (χ3n) is 3.87. The average molecular weight is 334 g/mol. The monoisotopic (exact) mass is 334 g/mol. The summed E-state index contributed by atoms with van der Waals surface area (Å²) >= 11 is 0. The number of nitrogens with zero attached hydrogens (tertiary/aromatic N) is 4. The van der Waals surface area contributed by atoms with Crippen LogP contribution < -0.4 is 9.21 Å². The molecule has 1 aliphatic rings. The molecular formula is C15H18N4O3S. The number of anilines is 2. The molecule has 1 amide bonds. The molecule has 0 saturated heterocycles. The van der Waals surface area contributed by atoms with Gasteiger partial charge in [-0.25, -0.2) is 8.42 Å². The highest BCUT2D eigenvalue weighted by Crippen LogP contribution is 2.34. The molecule has 122 valence electrons. The highest BCUT2D eigenvalue weighted by atomic mass is 32.2. The molecule has 2 heterocycles. The lowest BCUT2D eigenvalue weighted by Crippen LogP contribution is -2.33. The highest BCUT2D eigenvalue weighted by Gasteiger charge is 2.29. The fraction of sp³-hybridized carbons (Fsp3) is 0.333. The minimum absolute atomic E-state index is 0.187. The number of hydrogen-bond acceptors (Lipinski definition) is 4. The number of benzene rings is 1. The van der Waals surface area contributed by atoms with Gasteiger partial charge in [-0.3, -0.25) is 13.8 Å². The summed E-state index contributed by atoms with van der Waals surface area (Å²) < 4.78 is 27.0. The first-order valence-corrected chi connectivity index (χ1v) is 9.11. The molecule has 1 aromatic carbocycles. The fourth-order valence-corrected chi connectivity index (χ4v) is 3.77. The first-order valence-electron chi connectivity index (χ1n) is 7.26. The van der Waals surface area contributed by atoms with Crippen LogP contribution >= 0.6 is 0 Å². The molecule has 0 aliphatic carbocycles. The molecule has 1 aliphatic heterocycles. The third-order valence-corrected chi connectivity index (χ3v) is 5.05. The van der Waals surface area contributed by atoms with Crippen LogP contribution in [0.5, 0.6) is 0 Å². The largest absolute Gasteiger partial charge is 0.305 e. The van der Waals surface area contributed by atoms with E-state index >= 15 is 0 Å². The second-order valence-corrected chi connectivity index (χ2v) is 7.38. The topological polar surface area (TPSA) is 75.5 Å². The van der Waals surface area contributed by atoms with E-state index in [4.69, 9.17) is 0 Å². The Hall–Kier alpha value is -2.35. The maximum Gasteiger partial charge on any atom is 0.276 e. The minimum atomic E-state index is -3.40. The van der Waals surface area contributed by atoms with Crippen LogP contribution in [0.3, 0.4) is 0 Å². The maximum absolute atomic E-state index is 12.9. The van der Waals surface area contributed by atoms with E-state index in [-0.39, 0.29) is 5.91 Å². The van der Waals surface area contributed by atoms with Gasteiger partial charge in [0.25, 0.3) is 5.91 Å². The molecule has 0 unspecified atom stereocenters. The zero-order valence-corrected chi connectivity index (χ0v) is 13.8. The van der Waals surface area contributed by atoms with E-state index in [9.17, 15) is 13.2 Å². The van der Waals surface area contributed by atoms with Crippen molar-refractivity contribution in [2.24, 2.45) is 7.05 Å². The predicted octanol–water partition coefficient (Wildman–Crippen LogP) is 1.24. The number of amides is 1. The molecule has 0 spiro atoms. The minimum Gasteiger partial charge on any atom is -0.305 e. The Bertz CT molecular complexity index is 844. The van der Waals surface area contributed by atoms with Gasteiger partial charge in [-0.2, -0.15) is 5.10 Å². The number of aryl methyl sites for hydroxylation is 1. The van der Waals surface area contributed by atoms with Crippen LogP contribution in [-0.2, 0) is 17.1 Å². The molecule has 8 heteroatoms. The van der Waals surface area contributed by atoms with Crippen LogP contribution in [0.4, 0.5) is 11.4 Å². The highest BCUT2D eigenvalue weighted by molar-refractivity contribution is 7.92. The summed E-state index contributed by atoms with van der Waals surface area (Å²) in [5.74, 6) is -0.187. The van der Waals surface area contributed by atoms with Crippen molar-refractivity contribution < 1.29 is 13.2 Å². The quantitative estimate of drug-likeness (QED) is 0.828.